The van der Waals surface area contributed by atoms with Gasteiger partial charge in [-0.2, -0.15) is 0 Å². The molecular weight excluding hydrogens is 302 g/mol. The Hall–Kier alpha value is -2.34. The Balaban J connectivity index is 2.08. The number of nitrogens with zero attached hydrogens (tertiary/aromatic N) is 2. The number of carbonyl (C=O) groups is 2. The first-order chi connectivity index (χ1) is 9.99. The summed E-state index contributed by atoms with van der Waals surface area (Å²) in [7, 11) is 0. The Bertz CT molecular complexity index is 780. The third-order valence-corrected chi connectivity index (χ3v) is 3.50. The number of benzene rings is 1. The van der Waals surface area contributed by atoms with Crippen molar-refractivity contribution in [2.24, 2.45) is 0 Å². The van der Waals surface area contributed by atoms with E-state index in [2.05, 4.69) is 4.98 Å². The highest BCUT2D eigenvalue weighted by atomic mass is 35.5. The van der Waals surface area contributed by atoms with Crippen LogP contribution in [0.1, 0.15) is 15.9 Å². The molecule has 21 heavy (non-hydrogen) atoms. The number of Topliss-reactive ketones (excluding diaryl/α,β-unsaturated/α-hetero) is 1. The van der Waals surface area contributed by atoms with Crippen molar-refractivity contribution in [2.45, 2.75) is 6.54 Å². The van der Waals surface area contributed by atoms with Crippen LogP contribution in [0, 0.1) is 11.6 Å². The van der Waals surface area contributed by atoms with Gasteiger partial charge in [-0.3, -0.25) is 9.59 Å². The third-order valence-electron chi connectivity index (χ3n) is 3.16. The summed E-state index contributed by atoms with van der Waals surface area (Å²) in [4.78, 5) is 28.6. The molecule has 0 bridgehead atoms. The number of hydrogen-bond donors (Lipinski definition) is 0. The first-order valence-electron chi connectivity index (χ1n) is 5.93. The van der Waals surface area contributed by atoms with Gasteiger partial charge in [0.05, 0.1) is 17.8 Å². The van der Waals surface area contributed by atoms with Crippen LogP contribution >= 0.6 is 11.6 Å². The second-order valence-electron chi connectivity index (χ2n) is 4.46. The molecule has 1 amide bonds. The van der Waals surface area contributed by atoms with E-state index >= 15 is 0 Å². The van der Waals surface area contributed by atoms with E-state index in [4.69, 9.17) is 11.6 Å². The topological polar surface area (TPSA) is 50.3 Å². The zero-order valence-electron chi connectivity index (χ0n) is 10.4. The number of pyridine rings is 1. The van der Waals surface area contributed by atoms with Crippen molar-refractivity contribution in [1.82, 2.24) is 4.98 Å². The molecule has 2 aromatic rings. The Morgan fingerprint density at radius 1 is 1.24 bits per heavy atom. The van der Waals surface area contributed by atoms with Crippen molar-refractivity contribution < 1.29 is 18.4 Å². The third kappa shape index (κ3) is 2.17. The number of anilines is 1. The summed E-state index contributed by atoms with van der Waals surface area (Å²) in [5.74, 6) is -3.84. The van der Waals surface area contributed by atoms with Gasteiger partial charge in [-0.15, -0.1) is 0 Å². The van der Waals surface area contributed by atoms with Crippen molar-refractivity contribution >= 4 is 29.0 Å². The SMILES string of the molecule is O=C1C(=O)N(Cc2cccnc2Cl)c2cc(F)cc(F)c21. The molecule has 106 valence electrons. The second kappa shape index (κ2) is 4.89. The van der Waals surface area contributed by atoms with Crippen LogP contribution in [0.25, 0.3) is 0 Å². The molecule has 1 aromatic heterocycles. The molecule has 0 spiro atoms. The molecule has 0 radical (unpaired) electrons. The summed E-state index contributed by atoms with van der Waals surface area (Å²) in [5.41, 5.74) is -0.0401. The van der Waals surface area contributed by atoms with E-state index in [9.17, 15) is 18.4 Å². The largest absolute Gasteiger partial charge is 0.300 e. The van der Waals surface area contributed by atoms with Crippen LogP contribution in [0.4, 0.5) is 14.5 Å². The quantitative estimate of drug-likeness (QED) is 0.633. The van der Waals surface area contributed by atoms with Gasteiger partial charge in [0.2, 0.25) is 0 Å². The monoisotopic (exact) mass is 308 g/mol. The molecule has 7 heteroatoms. The van der Waals surface area contributed by atoms with Gasteiger partial charge < -0.3 is 4.90 Å². The minimum atomic E-state index is -1.05. The summed E-state index contributed by atoms with van der Waals surface area (Å²) < 4.78 is 27.0. The van der Waals surface area contributed by atoms with E-state index < -0.39 is 28.9 Å². The fraction of sp³-hybridized carbons (Fsp3) is 0.0714. The zero-order valence-corrected chi connectivity index (χ0v) is 11.2. The van der Waals surface area contributed by atoms with Gasteiger partial charge in [-0.05, 0) is 12.1 Å². The van der Waals surface area contributed by atoms with Crippen LogP contribution in [-0.2, 0) is 11.3 Å². The normalized spacial score (nSPS) is 13.8. The molecule has 0 unspecified atom stereocenters. The van der Waals surface area contributed by atoms with Gasteiger partial charge in [0.25, 0.3) is 11.7 Å². The molecule has 4 nitrogen and oxygen atoms in total. The summed E-state index contributed by atoms with van der Waals surface area (Å²) >= 11 is 5.89. The Morgan fingerprint density at radius 2 is 2.00 bits per heavy atom. The first-order valence-corrected chi connectivity index (χ1v) is 6.31. The minimum absolute atomic E-state index is 0.0901. The molecule has 0 saturated carbocycles. The van der Waals surface area contributed by atoms with Crippen LogP contribution < -0.4 is 4.90 Å². The number of aromatic nitrogens is 1. The van der Waals surface area contributed by atoms with E-state index in [1.165, 1.54) is 6.20 Å². The molecule has 1 aliphatic heterocycles. The lowest BCUT2D eigenvalue weighted by molar-refractivity contribution is -0.114. The van der Waals surface area contributed by atoms with Gasteiger partial charge in [-0.1, -0.05) is 17.7 Å². The molecule has 1 aromatic carbocycles. The number of carbonyl (C=O) groups excluding carboxylic acids is 2. The van der Waals surface area contributed by atoms with Gasteiger partial charge in [0, 0.05) is 17.8 Å². The summed E-state index contributed by atoms with van der Waals surface area (Å²) in [6.07, 6.45) is 1.47. The first kappa shape index (κ1) is 13.6. The van der Waals surface area contributed by atoms with E-state index in [-0.39, 0.29) is 17.4 Å². The Kier molecular flexibility index (Phi) is 3.17. The lowest BCUT2D eigenvalue weighted by atomic mass is 10.1. The van der Waals surface area contributed by atoms with Crippen LogP contribution in [0.3, 0.4) is 0 Å². The average molecular weight is 309 g/mol. The number of hydrogen-bond acceptors (Lipinski definition) is 3. The molecule has 0 fully saturated rings. The van der Waals surface area contributed by atoms with Gasteiger partial charge in [-0.25, -0.2) is 13.8 Å². The van der Waals surface area contributed by atoms with E-state index in [1.54, 1.807) is 12.1 Å². The Morgan fingerprint density at radius 3 is 2.71 bits per heavy atom. The molecular formula is C14H7ClF2N2O2. The highest BCUT2D eigenvalue weighted by Gasteiger charge is 2.39. The predicted molar refractivity (Wildman–Crippen MR) is 71.1 cm³/mol. The number of fused-ring (bicyclic) bond motifs is 1. The highest BCUT2D eigenvalue weighted by Crippen LogP contribution is 2.33. The lowest BCUT2D eigenvalue weighted by Gasteiger charge is -2.17. The average Bonchev–Trinajstić information content (AvgIpc) is 2.66. The lowest BCUT2D eigenvalue weighted by Crippen LogP contribution is -2.29. The molecule has 1 aliphatic rings. The highest BCUT2D eigenvalue weighted by molar-refractivity contribution is 6.52. The van der Waals surface area contributed by atoms with Crippen LogP contribution in [0.15, 0.2) is 30.5 Å². The van der Waals surface area contributed by atoms with Crippen LogP contribution in [-0.4, -0.2) is 16.7 Å². The maximum atomic E-state index is 13.7. The van der Waals surface area contributed by atoms with Crippen molar-refractivity contribution in [2.75, 3.05) is 4.90 Å². The molecule has 3 rings (SSSR count). The maximum absolute atomic E-state index is 13.7. The van der Waals surface area contributed by atoms with Crippen molar-refractivity contribution in [3.8, 4) is 0 Å². The number of rotatable bonds is 2. The Labute approximate surface area is 123 Å². The summed E-state index contributed by atoms with van der Waals surface area (Å²) in [5, 5.41) is 0.156. The van der Waals surface area contributed by atoms with Gasteiger partial charge in [0.15, 0.2) is 0 Å². The van der Waals surface area contributed by atoms with Gasteiger partial charge >= 0.3 is 0 Å². The van der Waals surface area contributed by atoms with Gasteiger partial charge in [0.1, 0.15) is 16.8 Å². The standard InChI is InChI=1S/C14H7ClF2N2O2/c15-13-7(2-1-3-18-13)6-19-10-5-8(16)4-9(17)11(10)12(20)14(19)21/h1-5H,6H2. The molecule has 2 heterocycles. The smallest absolute Gasteiger partial charge is 0.299 e. The van der Waals surface area contributed by atoms with Crippen LogP contribution in [0.5, 0.6) is 0 Å². The van der Waals surface area contributed by atoms with E-state index in [1.807, 2.05) is 0 Å². The molecule has 0 atom stereocenters. The summed E-state index contributed by atoms with van der Waals surface area (Å²) in [6.45, 7) is -0.0901. The number of halogens is 3. The summed E-state index contributed by atoms with van der Waals surface area (Å²) in [6, 6.07) is 4.74. The fourth-order valence-corrected chi connectivity index (χ4v) is 2.38. The molecule has 0 N–H and O–H groups in total. The van der Waals surface area contributed by atoms with Crippen LogP contribution in [0.2, 0.25) is 5.15 Å². The number of amides is 1. The molecule has 0 aliphatic carbocycles. The van der Waals surface area contributed by atoms with E-state index in [0.717, 1.165) is 11.0 Å². The second-order valence-corrected chi connectivity index (χ2v) is 4.81. The van der Waals surface area contributed by atoms with Crippen molar-refractivity contribution in [3.63, 3.8) is 0 Å². The minimum Gasteiger partial charge on any atom is -0.300 e. The maximum Gasteiger partial charge on any atom is 0.299 e. The zero-order chi connectivity index (χ0) is 15.1. The van der Waals surface area contributed by atoms with Crippen molar-refractivity contribution in [3.05, 3.63) is 58.4 Å². The fourth-order valence-electron chi connectivity index (χ4n) is 2.20. The predicted octanol–water partition coefficient (Wildman–Crippen LogP) is 2.74. The van der Waals surface area contributed by atoms with Crippen molar-refractivity contribution in [1.29, 1.82) is 0 Å². The van der Waals surface area contributed by atoms with E-state index in [0.29, 0.717) is 11.6 Å². The molecule has 0 saturated heterocycles. The number of ketones is 1.